The van der Waals surface area contributed by atoms with Crippen molar-refractivity contribution in [2.45, 2.75) is 13.5 Å². The van der Waals surface area contributed by atoms with Crippen molar-refractivity contribution in [3.05, 3.63) is 81.5 Å². The molecule has 138 valence electrons. The van der Waals surface area contributed by atoms with Crippen molar-refractivity contribution in [3.8, 4) is 11.5 Å². The Kier molecular flexibility index (Phi) is 5.94. The lowest BCUT2D eigenvalue weighted by atomic mass is 10.1. The van der Waals surface area contributed by atoms with Crippen molar-refractivity contribution in [2.24, 2.45) is 0 Å². The second-order valence-electron chi connectivity index (χ2n) is 5.96. The molecule has 4 nitrogen and oxygen atoms in total. The van der Waals surface area contributed by atoms with Crippen molar-refractivity contribution in [1.29, 1.82) is 0 Å². The Morgan fingerprint density at radius 2 is 1.96 bits per heavy atom. The van der Waals surface area contributed by atoms with Gasteiger partial charge in [0.15, 0.2) is 0 Å². The topological polar surface area (TPSA) is 55.8 Å². The monoisotopic (exact) mass is 380 g/mol. The molecule has 0 fully saturated rings. The van der Waals surface area contributed by atoms with E-state index in [1.165, 1.54) is 11.3 Å². The molecular formula is C22H20O4S. The molecule has 0 unspecified atom stereocenters. The molecule has 0 saturated heterocycles. The van der Waals surface area contributed by atoms with E-state index in [0.29, 0.717) is 28.5 Å². The second kappa shape index (κ2) is 8.56. The van der Waals surface area contributed by atoms with Gasteiger partial charge in [-0.05, 0) is 47.7 Å². The Balaban J connectivity index is 1.96. The van der Waals surface area contributed by atoms with E-state index in [-0.39, 0.29) is 5.57 Å². The first-order chi connectivity index (χ1) is 13.1. The number of ether oxygens (including phenoxy) is 2. The lowest BCUT2D eigenvalue weighted by Gasteiger charge is -2.13. The summed E-state index contributed by atoms with van der Waals surface area (Å²) in [5.74, 6) is 0.256. The van der Waals surface area contributed by atoms with E-state index in [2.05, 4.69) is 0 Å². The van der Waals surface area contributed by atoms with E-state index < -0.39 is 5.97 Å². The lowest BCUT2D eigenvalue weighted by Crippen LogP contribution is -2.01. The standard InChI is InChI=1S/C22H20O4S/c1-15-6-3-4-7-17(15)14-26-20-13-18(25-2)10-9-16(20)12-19(22(23)24)21-8-5-11-27-21/h3-13H,14H2,1-2H3,(H,23,24)/b19-12-. The molecular weight excluding hydrogens is 360 g/mol. The summed E-state index contributed by atoms with van der Waals surface area (Å²) in [5.41, 5.74) is 3.14. The highest BCUT2D eigenvalue weighted by molar-refractivity contribution is 7.11. The molecule has 0 bridgehead atoms. The van der Waals surface area contributed by atoms with Gasteiger partial charge in [0.25, 0.3) is 0 Å². The molecule has 3 rings (SSSR count). The molecule has 1 N–H and O–H groups in total. The Labute approximate surface area is 162 Å². The second-order valence-corrected chi connectivity index (χ2v) is 6.91. The molecule has 0 atom stereocenters. The molecule has 0 saturated carbocycles. The predicted octanol–water partition coefficient (Wildman–Crippen LogP) is 5.27. The van der Waals surface area contributed by atoms with Crippen molar-refractivity contribution in [3.63, 3.8) is 0 Å². The van der Waals surface area contributed by atoms with Crippen LogP contribution in [-0.4, -0.2) is 18.2 Å². The van der Waals surface area contributed by atoms with Crippen LogP contribution >= 0.6 is 11.3 Å². The lowest BCUT2D eigenvalue weighted by molar-refractivity contribution is -0.130. The average Bonchev–Trinajstić information content (AvgIpc) is 3.20. The molecule has 0 radical (unpaired) electrons. The summed E-state index contributed by atoms with van der Waals surface area (Å²) in [6, 6.07) is 17.0. The number of hydrogen-bond donors (Lipinski definition) is 1. The van der Waals surface area contributed by atoms with Gasteiger partial charge in [-0.25, -0.2) is 4.79 Å². The fraction of sp³-hybridized carbons (Fsp3) is 0.136. The van der Waals surface area contributed by atoms with Gasteiger partial charge in [-0.15, -0.1) is 11.3 Å². The van der Waals surface area contributed by atoms with Gasteiger partial charge in [0, 0.05) is 16.5 Å². The van der Waals surface area contributed by atoms with Gasteiger partial charge in [-0.3, -0.25) is 0 Å². The van der Waals surface area contributed by atoms with Gasteiger partial charge in [0.1, 0.15) is 18.1 Å². The first-order valence-electron chi connectivity index (χ1n) is 8.42. The zero-order valence-corrected chi connectivity index (χ0v) is 16.0. The molecule has 0 amide bonds. The number of methoxy groups -OCH3 is 1. The molecule has 1 aromatic heterocycles. The maximum Gasteiger partial charge on any atom is 0.337 e. The number of rotatable bonds is 7. The highest BCUT2D eigenvalue weighted by Crippen LogP contribution is 2.31. The minimum Gasteiger partial charge on any atom is -0.497 e. The van der Waals surface area contributed by atoms with Crippen LogP contribution in [-0.2, 0) is 11.4 Å². The zero-order chi connectivity index (χ0) is 19.2. The summed E-state index contributed by atoms with van der Waals surface area (Å²) in [6.45, 7) is 2.42. The fourth-order valence-corrected chi connectivity index (χ4v) is 3.37. The van der Waals surface area contributed by atoms with Gasteiger partial charge in [-0.2, -0.15) is 0 Å². The third-order valence-electron chi connectivity index (χ3n) is 4.18. The van der Waals surface area contributed by atoms with Crippen LogP contribution < -0.4 is 9.47 Å². The Hall–Kier alpha value is -3.05. The van der Waals surface area contributed by atoms with Gasteiger partial charge in [0.05, 0.1) is 12.7 Å². The number of thiophene rings is 1. The molecule has 0 aliphatic carbocycles. The van der Waals surface area contributed by atoms with Gasteiger partial charge >= 0.3 is 5.97 Å². The smallest absolute Gasteiger partial charge is 0.337 e. The number of benzene rings is 2. The largest absolute Gasteiger partial charge is 0.497 e. The number of carboxylic acid groups (broad SMARTS) is 1. The van der Waals surface area contributed by atoms with Crippen LogP contribution in [0, 0.1) is 6.92 Å². The van der Waals surface area contributed by atoms with Crippen LogP contribution in [0.3, 0.4) is 0 Å². The van der Waals surface area contributed by atoms with Crippen molar-refractivity contribution < 1.29 is 19.4 Å². The van der Waals surface area contributed by atoms with Gasteiger partial charge in [0.2, 0.25) is 0 Å². The maximum absolute atomic E-state index is 11.7. The molecule has 0 aliphatic rings. The third kappa shape index (κ3) is 4.57. The fourth-order valence-electron chi connectivity index (χ4n) is 2.64. The van der Waals surface area contributed by atoms with Gasteiger partial charge in [-0.1, -0.05) is 30.3 Å². The molecule has 5 heteroatoms. The molecule has 27 heavy (non-hydrogen) atoms. The van der Waals surface area contributed by atoms with Crippen molar-refractivity contribution >= 4 is 29.0 Å². The predicted molar refractivity (Wildman–Crippen MR) is 108 cm³/mol. The van der Waals surface area contributed by atoms with Gasteiger partial charge < -0.3 is 14.6 Å². The Morgan fingerprint density at radius 1 is 1.15 bits per heavy atom. The normalized spacial score (nSPS) is 11.3. The van der Waals surface area contributed by atoms with Crippen LogP contribution in [0.2, 0.25) is 0 Å². The molecule has 0 spiro atoms. The van der Waals surface area contributed by atoms with E-state index in [9.17, 15) is 9.90 Å². The van der Waals surface area contributed by atoms with Crippen molar-refractivity contribution in [1.82, 2.24) is 0 Å². The van der Waals surface area contributed by atoms with E-state index in [0.717, 1.165) is 11.1 Å². The number of aliphatic carboxylic acids is 1. The summed E-state index contributed by atoms with van der Waals surface area (Å²) in [4.78, 5) is 12.4. The minimum absolute atomic E-state index is 0.232. The molecule has 2 aromatic carbocycles. The van der Waals surface area contributed by atoms with Crippen LogP contribution in [0.5, 0.6) is 11.5 Å². The summed E-state index contributed by atoms with van der Waals surface area (Å²) < 4.78 is 11.3. The summed E-state index contributed by atoms with van der Waals surface area (Å²) >= 11 is 1.39. The Bertz CT molecular complexity index is 958. The highest BCUT2D eigenvalue weighted by atomic mass is 32.1. The van der Waals surface area contributed by atoms with E-state index in [1.54, 1.807) is 31.4 Å². The number of carbonyl (C=O) groups is 1. The molecule has 3 aromatic rings. The zero-order valence-electron chi connectivity index (χ0n) is 15.1. The third-order valence-corrected chi connectivity index (χ3v) is 5.09. The van der Waals surface area contributed by atoms with E-state index in [4.69, 9.17) is 9.47 Å². The van der Waals surface area contributed by atoms with Crippen LogP contribution in [0.15, 0.2) is 60.0 Å². The summed E-state index contributed by atoms with van der Waals surface area (Å²) in [7, 11) is 1.59. The SMILES string of the molecule is COc1ccc(/C=C(\C(=O)O)c2cccs2)c(OCc2ccccc2C)c1. The summed E-state index contributed by atoms with van der Waals surface area (Å²) in [6.07, 6.45) is 1.64. The number of aryl methyl sites for hydroxylation is 1. The summed E-state index contributed by atoms with van der Waals surface area (Å²) in [5, 5.41) is 11.5. The van der Waals surface area contributed by atoms with Crippen molar-refractivity contribution in [2.75, 3.05) is 7.11 Å². The first-order valence-corrected chi connectivity index (χ1v) is 9.30. The van der Waals surface area contributed by atoms with Crippen LogP contribution in [0.1, 0.15) is 21.6 Å². The highest BCUT2D eigenvalue weighted by Gasteiger charge is 2.14. The molecule has 1 heterocycles. The van der Waals surface area contributed by atoms with E-state index in [1.807, 2.05) is 48.7 Å². The quantitative estimate of drug-likeness (QED) is 0.567. The number of hydrogen-bond acceptors (Lipinski definition) is 4. The van der Waals surface area contributed by atoms with E-state index >= 15 is 0 Å². The molecule has 0 aliphatic heterocycles. The minimum atomic E-state index is -0.974. The van der Waals surface area contributed by atoms with Crippen LogP contribution in [0.4, 0.5) is 0 Å². The van der Waals surface area contributed by atoms with Crippen LogP contribution in [0.25, 0.3) is 11.6 Å². The average molecular weight is 380 g/mol. The number of carboxylic acids is 1. The first kappa shape index (κ1) is 18.7. The maximum atomic E-state index is 11.7. The Morgan fingerprint density at radius 3 is 2.63 bits per heavy atom.